The second-order valence-corrected chi connectivity index (χ2v) is 7.63. The molecule has 1 fully saturated rings. The van der Waals surface area contributed by atoms with Crippen molar-refractivity contribution in [3.8, 4) is 11.5 Å². The molecular formula is C19H24N4O3S. The summed E-state index contributed by atoms with van der Waals surface area (Å²) in [6, 6.07) is 5.51. The Bertz CT molecular complexity index is 810. The lowest BCUT2D eigenvalue weighted by atomic mass is 10.2. The molecule has 0 bridgehead atoms. The predicted molar refractivity (Wildman–Crippen MR) is 106 cm³/mol. The van der Waals surface area contributed by atoms with Crippen LogP contribution in [0.2, 0.25) is 0 Å². The van der Waals surface area contributed by atoms with Gasteiger partial charge in [-0.25, -0.2) is 4.98 Å². The second kappa shape index (κ2) is 8.14. The molecule has 4 rings (SSSR count). The number of thiazole rings is 1. The zero-order valence-corrected chi connectivity index (χ0v) is 16.3. The van der Waals surface area contributed by atoms with Crippen molar-refractivity contribution in [3.05, 3.63) is 29.3 Å². The van der Waals surface area contributed by atoms with Gasteiger partial charge in [0, 0.05) is 43.3 Å². The molecule has 0 spiro atoms. The summed E-state index contributed by atoms with van der Waals surface area (Å²) < 4.78 is 11.1. The molecule has 1 aromatic heterocycles. The number of hydrogen-bond donors (Lipinski definition) is 1. The van der Waals surface area contributed by atoms with Crippen molar-refractivity contribution in [2.45, 2.75) is 13.3 Å². The van der Waals surface area contributed by atoms with Gasteiger partial charge < -0.3 is 19.7 Å². The number of carbonyl (C=O) groups is 1. The van der Waals surface area contributed by atoms with Crippen LogP contribution >= 0.6 is 11.3 Å². The number of rotatable bonds is 4. The maximum atomic E-state index is 12.5. The van der Waals surface area contributed by atoms with Crippen molar-refractivity contribution in [2.75, 3.05) is 56.2 Å². The first-order valence-corrected chi connectivity index (χ1v) is 10.1. The van der Waals surface area contributed by atoms with Crippen molar-refractivity contribution in [3.63, 3.8) is 0 Å². The topological polar surface area (TPSA) is 66.9 Å². The van der Waals surface area contributed by atoms with Crippen LogP contribution in [-0.2, 0) is 4.79 Å². The minimum atomic E-state index is -0.00905. The smallest absolute Gasteiger partial charge is 0.238 e. The largest absolute Gasteiger partial charge is 0.486 e. The highest BCUT2D eigenvalue weighted by atomic mass is 32.1. The van der Waals surface area contributed by atoms with Crippen LogP contribution in [0, 0.1) is 6.92 Å². The molecule has 3 heterocycles. The number of aromatic nitrogens is 1. The van der Waals surface area contributed by atoms with Gasteiger partial charge in [-0.2, -0.15) is 0 Å². The molecule has 2 aromatic rings. The van der Waals surface area contributed by atoms with E-state index in [0.717, 1.165) is 54.9 Å². The number of carbonyl (C=O) groups excluding carboxylic acids is 1. The van der Waals surface area contributed by atoms with E-state index < -0.39 is 0 Å². The van der Waals surface area contributed by atoms with E-state index in [4.69, 9.17) is 9.47 Å². The monoisotopic (exact) mass is 388 g/mol. The zero-order valence-electron chi connectivity index (χ0n) is 15.4. The Morgan fingerprint density at radius 2 is 2.04 bits per heavy atom. The third kappa shape index (κ3) is 4.51. The van der Waals surface area contributed by atoms with Gasteiger partial charge in [0.1, 0.15) is 13.2 Å². The van der Waals surface area contributed by atoms with Gasteiger partial charge >= 0.3 is 0 Å². The normalized spacial score (nSPS) is 17.4. The number of hydrogen-bond acceptors (Lipinski definition) is 7. The van der Waals surface area contributed by atoms with Crippen LogP contribution in [0.15, 0.2) is 23.6 Å². The van der Waals surface area contributed by atoms with E-state index in [-0.39, 0.29) is 5.91 Å². The van der Waals surface area contributed by atoms with Gasteiger partial charge in [-0.3, -0.25) is 9.69 Å². The number of anilines is 2. The highest BCUT2D eigenvalue weighted by Gasteiger charge is 2.19. The molecule has 144 valence electrons. The number of ether oxygens (including phenoxy) is 2. The first-order valence-electron chi connectivity index (χ1n) is 9.26. The molecule has 2 aliphatic rings. The number of benzene rings is 1. The van der Waals surface area contributed by atoms with Crippen molar-refractivity contribution in [1.29, 1.82) is 0 Å². The van der Waals surface area contributed by atoms with Gasteiger partial charge in [0.25, 0.3) is 0 Å². The van der Waals surface area contributed by atoms with E-state index in [1.54, 1.807) is 11.3 Å². The minimum absolute atomic E-state index is 0.00905. The summed E-state index contributed by atoms with van der Waals surface area (Å²) in [5.74, 6) is 1.40. The molecule has 1 saturated heterocycles. The van der Waals surface area contributed by atoms with Gasteiger partial charge in [0.15, 0.2) is 16.6 Å². The lowest BCUT2D eigenvalue weighted by molar-refractivity contribution is -0.117. The fraction of sp³-hybridized carbons (Fsp3) is 0.474. The maximum absolute atomic E-state index is 12.5. The third-order valence-corrected chi connectivity index (χ3v) is 5.68. The Balaban J connectivity index is 1.30. The van der Waals surface area contributed by atoms with Crippen LogP contribution in [-0.4, -0.2) is 61.7 Å². The van der Waals surface area contributed by atoms with Crippen molar-refractivity contribution in [2.24, 2.45) is 0 Å². The average Bonchev–Trinajstić information content (AvgIpc) is 2.96. The molecule has 7 nitrogen and oxygen atoms in total. The van der Waals surface area contributed by atoms with E-state index >= 15 is 0 Å². The van der Waals surface area contributed by atoms with Gasteiger partial charge in [0.05, 0.1) is 12.2 Å². The third-order valence-electron chi connectivity index (χ3n) is 4.66. The lowest BCUT2D eigenvalue weighted by Gasteiger charge is -2.21. The van der Waals surface area contributed by atoms with Gasteiger partial charge in [0.2, 0.25) is 5.91 Å². The lowest BCUT2D eigenvalue weighted by Crippen LogP contribution is -2.36. The van der Waals surface area contributed by atoms with Crippen molar-refractivity contribution >= 4 is 28.1 Å². The van der Waals surface area contributed by atoms with Crippen molar-refractivity contribution < 1.29 is 14.3 Å². The van der Waals surface area contributed by atoms with Crippen LogP contribution in [0.1, 0.15) is 12.1 Å². The van der Waals surface area contributed by atoms with Crippen molar-refractivity contribution in [1.82, 2.24) is 9.88 Å². The molecular weight excluding hydrogens is 364 g/mol. The van der Waals surface area contributed by atoms with Crippen LogP contribution in [0.25, 0.3) is 0 Å². The summed E-state index contributed by atoms with van der Waals surface area (Å²) in [6.07, 6.45) is 1.02. The summed E-state index contributed by atoms with van der Waals surface area (Å²) in [4.78, 5) is 21.6. The number of nitrogens with zero attached hydrogens (tertiary/aromatic N) is 3. The van der Waals surface area contributed by atoms with Gasteiger partial charge in [-0.1, -0.05) is 0 Å². The number of amides is 1. The molecule has 1 aromatic carbocycles. The molecule has 0 radical (unpaired) electrons. The number of fused-ring (bicyclic) bond motifs is 1. The number of nitrogens with one attached hydrogen (secondary N) is 1. The number of aryl methyl sites for hydroxylation is 1. The Hall–Kier alpha value is -2.32. The summed E-state index contributed by atoms with van der Waals surface area (Å²) in [5.41, 5.74) is 1.80. The molecule has 27 heavy (non-hydrogen) atoms. The molecule has 2 aliphatic heterocycles. The highest BCUT2D eigenvalue weighted by molar-refractivity contribution is 7.13. The van der Waals surface area contributed by atoms with E-state index in [1.165, 1.54) is 0 Å². The van der Waals surface area contributed by atoms with E-state index in [0.29, 0.717) is 25.5 Å². The molecule has 0 aliphatic carbocycles. The SMILES string of the molecule is Cc1csc(N2CCCN(CC(=O)Nc3ccc4c(c3)OCCO4)CC2)n1. The predicted octanol–water partition coefficient (Wildman–Crippen LogP) is 2.37. The Labute approximate surface area is 162 Å². The fourth-order valence-corrected chi connectivity index (χ4v) is 4.19. The molecule has 0 saturated carbocycles. The Kier molecular flexibility index (Phi) is 5.45. The summed E-state index contributed by atoms with van der Waals surface area (Å²) in [5, 5.41) is 6.13. The van der Waals surface area contributed by atoms with E-state index in [9.17, 15) is 4.79 Å². The summed E-state index contributed by atoms with van der Waals surface area (Å²) >= 11 is 1.69. The molecule has 0 atom stereocenters. The first-order chi connectivity index (χ1) is 13.2. The van der Waals surface area contributed by atoms with E-state index in [1.807, 2.05) is 25.1 Å². The molecule has 1 N–H and O–H groups in total. The van der Waals surface area contributed by atoms with Crippen LogP contribution in [0.3, 0.4) is 0 Å². The summed E-state index contributed by atoms with van der Waals surface area (Å²) in [7, 11) is 0. The minimum Gasteiger partial charge on any atom is -0.486 e. The molecule has 0 unspecified atom stereocenters. The molecule has 1 amide bonds. The Morgan fingerprint density at radius 3 is 2.85 bits per heavy atom. The van der Waals surface area contributed by atoms with Crippen LogP contribution in [0.4, 0.5) is 10.8 Å². The average molecular weight is 388 g/mol. The van der Waals surface area contributed by atoms with Crippen LogP contribution in [0.5, 0.6) is 11.5 Å². The van der Waals surface area contributed by atoms with Crippen LogP contribution < -0.4 is 19.7 Å². The maximum Gasteiger partial charge on any atom is 0.238 e. The molecule has 8 heteroatoms. The quantitative estimate of drug-likeness (QED) is 0.867. The standard InChI is InChI=1S/C19H24N4O3S/c1-14-13-27-19(20-14)23-6-2-5-22(7-8-23)12-18(24)21-15-3-4-16-17(11-15)26-10-9-25-16/h3-4,11,13H,2,5-10,12H2,1H3,(H,21,24). The Morgan fingerprint density at radius 1 is 1.19 bits per heavy atom. The van der Waals surface area contributed by atoms with Gasteiger partial charge in [-0.05, 0) is 25.5 Å². The fourth-order valence-electron chi connectivity index (χ4n) is 3.33. The second-order valence-electron chi connectivity index (χ2n) is 6.79. The highest BCUT2D eigenvalue weighted by Crippen LogP contribution is 2.32. The van der Waals surface area contributed by atoms with Gasteiger partial charge in [-0.15, -0.1) is 11.3 Å². The first kappa shape index (κ1) is 18.1. The summed E-state index contributed by atoms with van der Waals surface area (Å²) in [6.45, 7) is 7.14. The zero-order chi connectivity index (χ0) is 18.6. The van der Waals surface area contributed by atoms with E-state index in [2.05, 4.69) is 25.5 Å².